The van der Waals surface area contributed by atoms with Crippen molar-refractivity contribution in [1.82, 2.24) is 9.88 Å². The first-order chi connectivity index (χ1) is 8.93. The van der Waals surface area contributed by atoms with Crippen LogP contribution in [-0.4, -0.2) is 55.9 Å². The fourth-order valence-corrected chi connectivity index (χ4v) is 3.16. The summed E-state index contributed by atoms with van der Waals surface area (Å²) in [5.74, 6) is 0.234. The van der Waals surface area contributed by atoms with E-state index in [0.29, 0.717) is 17.0 Å². The number of aryl methyl sites for hydroxylation is 1. The summed E-state index contributed by atoms with van der Waals surface area (Å²) >= 11 is 0. The lowest BCUT2D eigenvalue weighted by Crippen LogP contribution is -2.43. The normalized spacial score (nSPS) is 18.1. The summed E-state index contributed by atoms with van der Waals surface area (Å²) in [6, 6.07) is 1.66. The zero-order chi connectivity index (χ0) is 14.0. The van der Waals surface area contributed by atoms with Crippen LogP contribution in [0.5, 0.6) is 5.75 Å². The zero-order valence-corrected chi connectivity index (χ0v) is 11.7. The third kappa shape index (κ3) is 3.04. The van der Waals surface area contributed by atoms with Crippen molar-refractivity contribution in [3.63, 3.8) is 0 Å². The topological polar surface area (TPSA) is 76.6 Å². The maximum Gasteiger partial charge on any atom is 0.257 e. The van der Waals surface area contributed by atoms with Crippen molar-refractivity contribution in [3.05, 3.63) is 23.5 Å². The summed E-state index contributed by atoms with van der Waals surface area (Å²) in [6.45, 7) is 2.24. The van der Waals surface area contributed by atoms with Gasteiger partial charge in [0.25, 0.3) is 5.91 Å². The first kappa shape index (κ1) is 13.8. The van der Waals surface area contributed by atoms with E-state index in [2.05, 4.69) is 4.98 Å². The average molecular weight is 284 g/mol. The van der Waals surface area contributed by atoms with Crippen molar-refractivity contribution in [1.29, 1.82) is 0 Å². The van der Waals surface area contributed by atoms with Crippen molar-refractivity contribution in [2.75, 3.05) is 31.7 Å². The molecule has 0 atom stereocenters. The van der Waals surface area contributed by atoms with E-state index in [1.165, 1.54) is 13.3 Å². The van der Waals surface area contributed by atoms with Crippen molar-refractivity contribution in [2.24, 2.45) is 0 Å². The molecule has 0 saturated carbocycles. The van der Waals surface area contributed by atoms with E-state index < -0.39 is 9.84 Å². The van der Waals surface area contributed by atoms with Crippen LogP contribution in [-0.2, 0) is 9.84 Å². The molecule has 7 heteroatoms. The molecule has 1 aromatic rings. The number of carbonyl (C=O) groups excluding carboxylic acids is 1. The molecule has 104 valence electrons. The Labute approximate surface area is 112 Å². The standard InChI is InChI=1S/C12H16N2O4S/c1-9-7-10(11(18-2)8-13-9)12(15)14-3-5-19(16,17)6-4-14/h7-8H,3-6H2,1-2H3. The molecule has 0 unspecified atom stereocenters. The van der Waals surface area contributed by atoms with Crippen LogP contribution in [0.1, 0.15) is 16.1 Å². The number of ether oxygens (including phenoxy) is 1. The highest BCUT2D eigenvalue weighted by atomic mass is 32.2. The molecule has 0 aliphatic carbocycles. The van der Waals surface area contributed by atoms with E-state index >= 15 is 0 Å². The Morgan fingerprint density at radius 3 is 2.58 bits per heavy atom. The van der Waals surface area contributed by atoms with Crippen LogP contribution in [0, 0.1) is 6.92 Å². The number of pyridine rings is 1. The van der Waals surface area contributed by atoms with Crippen molar-refractivity contribution in [3.8, 4) is 5.75 Å². The second kappa shape index (κ2) is 5.16. The van der Waals surface area contributed by atoms with E-state index in [1.54, 1.807) is 17.9 Å². The van der Waals surface area contributed by atoms with Gasteiger partial charge in [0.1, 0.15) is 5.75 Å². The molecule has 1 aromatic heterocycles. The van der Waals surface area contributed by atoms with Crippen LogP contribution in [0.25, 0.3) is 0 Å². The first-order valence-corrected chi connectivity index (χ1v) is 7.75. The largest absolute Gasteiger partial charge is 0.494 e. The monoisotopic (exact) mass is 284 g/mol. The van der Waals surface area contributed by atoms with Crippen molar-refractivity contribution >= 4 is 15.7 Å². The average Bonchev–Trinajstić information content (AvgIpc) is 2.38. The summed E-state index contributed by atoms with van der Waals surface area (Å²) in [4.78, 5) is 18.0. The Hall–Kier alpha value is -1.63. The molecule has 1 aliphatic rings. The van der Waals surface area contributed by atoms with E-state index in [4.69, 9.17) is 4.74 Å². The fraction of sp³-hybridized carbons (Fsp3) is 0.500. The van der Waals surface area contributed by atoms with Crippen LogP contribution < -0.4 is 4.74 Å². The minimum atomic E-state index is -2.99. The number of methoxy groups -OCH3 is 1. The number of amides is 1. The molecule has 0 N–H and O–H groups in total. The molecule has 19 heavy (non-hydrogen) atoms. The fourth-order valence-electron chi connectivity index (χ4n) is 1.96. The Kier molecular flexibility index (Phi) is 3.75. The Bertz CT molecular complexity index is 584. The van der Waals surface area contributed by atoms with Crippen LogP contribution >= 0.6 is 0 Å². The SMILES string of the molecule is COc1cnc(C)cc1C(=O)N1CCS(=O)(=O)CC1. The van der Waals surface area contributed by atoms with Gasteiger partial charge in [-0.15, -0.1) is 0 Å². The van der Waals surface area contributed by atoms with E-state index in [1.807, 2.05) is 0 Å². The maximum absolute atomic E-state index is 12.4. The summed E-state index contributed by atoms with van der Waals surface area (Å²) < 4.78 is 27.8. The number of nitrogens with zero attached hydrogens (tertiary/aromatic N) is 2. The molecule has 0 spiro atoms. The van der Waals surface area contributed by atoms with Gasteiger partial charge in [0.2, 0.25) is 0 Å². The van der Waals surface area contributed by atoms with E-state index in [0.717, 1.165) is 0 Å². The van der Waals surface area contributed by atoms with Gasteiger partial charge in [-0.2, -0.15) is 0 Å². The lowest BCUT2D eigenvalue weighted by Gasteiger charge is -2.27. The molecule has 1 fully saturated rings. The molecule has 0 bridgehead atoms. The molecule has 1 amide bonds. The second-order valence-corrected chi connectivity index (χ2v) is 6.77. The number of carbonyl (C=O) groups is 1. The van der Waals surface area contributed by atoms with Gasteiger partial charge in [0.15, 0.2) is 9.84 Å². The number of sulfone groups is 1. The van der Waals surface area contributed by atoms with Crippen LogP contribution in [0.3, 0.4) is 0 Å². The molecule has 0 aromatic carbocycles. The van der Waals surface area contributed by atoms with Crippen LogP contribution in [0.15, 0.2) is 12.3 Å². The van der Waals surface area contributed by atoms with Gasteiger partial charge in [-0.05, 0) is 13.0 Å². The van der Waals surface area contributed by atoms with Crippen molar-refractivity contribution < 1.29 is 17.9 Å². The Balaban J connectivity index is 2.23. The van der Waals surface area contributed by atoms with Crippen LogP contribution in [0.4, 0.5) is 0 Å². The summed E-state index contributed by atoms with van der Waals surface area (Å²) in [5.41, 5.74) is 1.14. The number of hydrogen-bond acceptors (Lipinski definition) is 5. The minimum Gasteiger partial charge on any atom is -0.494 e. The molecule has 6 nitrogen and oxygen atoms in total. The van der Waals surface area contributed by atoms with Gasteiger partial charge in [-0.3, -0.25) is 9.78 Å². The predicted molar refractivity (Wildman–Crippen MR) is 70.1 cm³/mol. The first-order valence-electron chi connectivity index (χ1n) is 5.93. The molecule has 2 heterocycles. The number of rotatable bonds is 2. The maximum atomic E-state index is 12.4. The molecule has 1 aliphatic heterocycles. The molecule has 1 saturated heterocycles. The predicted octanol–water partition coefficient (Wildman–Crippen LogP) is 0.269. The van der Waals surface area contributed by atoms with Gasteiger partial charge in [0, 0.05) is 18.8 Å². The summed E-state index contributed by atoms with van der Waals surface area (Å²) in [7, 11) is -1.52. The lowest BCUT2D eigenvalue weighted by atomic mass is 10.2. The molecular weight excluding hydrogens is 268 g/mol. The number of hydrogen-bond donors (Lipinski definition) is 0. The highest BCUT2D eigenvalue weighted by Crippen LogP contribution is 2.20. The van der Waals surface area contributed by atoms with E-state index in [9.17, 15) is 13.2 Å². The highest BCUT2D eigenvalue weighted by molar-refractivity contribution is 7.91. The Morgan fingerprint density at radius 2 is 2.00 bits per heavy atom. The Morgan fingerprint density at radius 1 is 1.37 bits per heavy atom. The minimum absolute atomic E-state index is 0.0190. The summed E-state index contributed by atoms with van der Waals surface area (Å²) in [6.07, 6.45) is 1.50. The lowest BCUT2D eigenvalue weighted by molar-refractivity contribution is 0.0766. The van der Waals surface area contributed by atoms with Crippen molar-refractivity contribution in [2.45, 2.75) is 6.92 Å². The third-order valence-electron chi connectivity index (χ3n) is 3.09. The van der Waals surface area contributed by atoms with Gasteiger partial charge in [-0.1, -0.05) is 0 Å². The van der Waals surface area contributed by atoms with Crippen LogP contribution in [0.2, 0.25) is 0 Å². The zero-order valence-electron chi connectivity index (χ0n) is 10.9. The second-order valence-electron chi connectivity index (χ2n) is 4.47. The third-order valence-corrected chi connectivity index (χ3v) is 4.70. The van der Waals surface area contributed by atoms with E-state index in [-0.39, 0.29) is 30.5 Å². The smallest absolute Gasteiger partial charge is 0.257 e. The molecule has 0 radical (unpaired) electrons. The number of aromatic nitrogens is 1. The van der Waals surface area contributed by atoms with Gasteiger partial charge in [0.05, 0.1) is 30.4 Å². The molecular formula is C12H16N2O4S. The quantitative estimate of drug-likeness (QED) is 0.779. The van der Waals surface area contributed by atoms with Gasteiger partial charge >= 0.3 is 0 Å². The van der Waals surface area contributed by atoms with Gasteiger partial charge in [-0.25, -0.2) is 8.42 Å². The van der Waals surface area contributed by atoms with Gasteiger partial charge < -0.3 is 9.64 Å². The highest BCUT2D eigenvalue weighted by Gasteiger charge is 2.27. The molecule has 2 rings (SSSR count). The summed E-state index contributed by atoms with van der Waals surface area (Å²) in [5, 5.41) is 0.